The van der Waals surface area contributed by atoms with Gasteiger partial charge in [0, 0.05) is 18.5 Å². The first kappa shape index (κ1) is 34.5. The topological polar surface area (TPSA) is 112 Å². The maximum absolute atomic E-state index is 14.4. The van der Waals surface area contributed by atoms with Crippen LogP contribution in [0, 0.1) is 4.91 Å². The molecule has 9 nitrogen and oxygen atoms in total. The van der Waals surface area contributed by atoms with E-state index >= 15 is 0 Å². The molecule has 0 aliphatic carbocycles. The number of hydrogen-bond acceptors (Lipinski definition) is 8. The number of carbonyl (C=O) groups is 1. The van der Waals surface area contributed by atoms with Crippen molar-refractivity contribution in [1.29, 1.82) is 0 Å². The number of para-hydroxylation sites is 1. The van der Waals surface area contributed by atoms with Crippen molar-refractivity contribution in [3.8, 4) is 11.5 Å². The number of nitroso groups, excluding NO2 is 1. The lowest BCUT2D eigenvalue weighted by molar-refractivity contribution is 0.0599. The van der Waals surface area contributed by atoms with Gasteiger partial charge in [-0.2, -0.15) is 4.31 Å². The van der Waals surface area contributed by atoms with Crippen LogP contribution in [-0.2, 0) is 40.6 Å². The van der Waals surface area contributed by atoms with E-state index in [1.54, 1.807) is 30.3 Å². The lowest BCUT2D eigenvalue weighted by Gasteiger charge is -2.35. The van der Waals surface area contributed by atoms with Crippen molar-refractivity contribution in [2.75, 3.05) is 20.3 Å². The molecule has 0 amide bonds. The first-order valence-corrected chi connectivity index (χ1v) is 17.9. The molecule has 0 saturated heterocycles. The highest BCUT2D eigenvalue weighted by Gasteiger charge is 2.37. The summed E-state index contributed by atoms with van der Waals surface area (Å²) in [6.07, 6.45) is 2.62. The molecular formula is C40H38N2O7S. The van der Waals surface area contributed by atoms with Crippen molar-refractivity contribution in [3.63, 3.8) is 0 Å². The molecular weight excluding hydrogens is 653 g/mol. The molecule has 1 unspecified atom stereocenters. The molecule has 0 radical (unpaired) electrons. The molecule has 0 bridgehead atoms. The number of fused-ring (bicyclic) bond motifs is 1. The minimum atomic E-state index is -4.23. The van der Waals surface area contributed by atoms with E-state index in [2.05, 4.69) is 53.7 Å². The summed E-state index contributed by atoms with van der Waals surface area (Å²) in [4.78, 5) is 23.8. The van der Waals surface area contributed by atoms with E-state index in [0.29, 0.717) is 42.1 Å². The van der Waals surface area contributed by atoms with Gasteiger partial charge < -0.3 is 14.2 Å². The smallest absolute Gasteiger partial charge is 0.337 e. The van der Waals surface area contributed by atoms with E-state index in [1.807, 2.05) is 30.3 Å². The third-order valence-electron chi connectivity index (χ3n) is 8.88. The summed E-state index contributed by atoms with van der Waals surface area (Å²) in [5.41, 5.74) is 5.16. The second-order valence-corrected chi connectivity index (χ2v) is 13.9. The summed E-state index contributed by atoms with van der Waals surface area (Å²) in [6, 6.07) is 36.6. The van der Waals surface area contributed by atoms with Gasteiger partial charge in [0.25, 0.3) is 0 Å². The largest absolute Gasteiger partial charge is 0.493 e. The number of methoxy groups -OCH3 is 1. The van der Waals surface area contributed by atoms with Crippen LogP contribution in [0.5, 0.6) is 11.5 Å². The molecule has 10 heteroatoms. The molecule has 0 fully saturated rings. The van der Waals surface area contributed by atoms with E-state index in [4.69, 9.17) is 14.2 Å². The van der Waals surface area contributed by atoms with Gasteiger partial charge in [-0.1, -0.05) is 91.0 Å². The fraction of sp³-hybridized carbons (Fsp3) is 0.225. The summed E-state index contributed by atoms with van der Waals surface area (Å²) in [5, 5.41) is 3.01. The number of hydrogen-bond donors (Lipinski definition) is 0. The van der Waals surface area contributed by atoms with E-state index in [0.717, 1.165) is 24.0 Å². The van der Waals surface area contributed by atoms with Gasteiger partial charge in [-0.25, -0.2) is 13.2 Å². The van der Waals surface area contributed by atoms with Gasteiger partial charge in [-0.3, -0.25) is 0 Å². The van der Waals surface area contributed by atoms with Gasteiger partial charge in [-0.05, 0) is 77.0 Å². The Morgan fingerprint density at radius 1 is 0.820 bits per heavy atom. The lowest BCUT2D eigenvalue weighted by atomic mass is 9.98. The quantitative estimate of drug-likeness (QED) is 0.0858. The van der Waals surface area contributed by atoms with Crippen molar-refractivity contribution in [1.82, 2.24) is 4.31 Å². The van der Waals surface area contributed by atoms with Crippen molar-refractivity contribution in [2.45, 2.75) is 43.2 Å². The van der Waals surface area contributed by atoms with E-state index in [1.165, 1.54) is 34.7 Å². The molecule has 1 heterocycles. The van der Waals surface area contributed by atoms with Crippen LogP contribution in [0.2, 0.25) is 0 Å². The van der Waals surface area contributed by atoms with Crippen LogP contribution >= 0.6 is 0 Å². The second-order valence-electron chi connectivity index (χ2n) is 12.0. The predicted molar refractivity (Wildman–Crippen MR) is 191 cm³/mol. The van der Waals surface area contributed by atoms with Gasteiger partial charge in [0.2, 0.25) is 10.0 Å². The van der Waals surface area contributed by atoms with Gasteiger partial charge in [-0.15, -0.1) is 4.91 Å². The van der Waals surface area contributed by atoms with Crippen LogP contribution in [0.25, 0.3) is 0 Å². The molecule has 0 N–H and O–H groups in total. The Hall–Kier alpha value is -5.32. The maximum Gasteiger partial charge on any atom is 0.337 e. The van der Waals surface area contributed by atoms with Crippen molar-refractivity contribution in [2.24, 2.45) is 5.18 Å². The normalized spacial score (nSPS) is 14.0. The van der Waals surface area contributed by atoms with Gasteiger partial charge in [0.1, 0.15) is 28.7 Å². The number of ether oxygens (including phenoxy) is 3. The van der Waals surface area contributed by atoms with Gasteiger partial charge >= 0.3 is 5.97 Å². The van der Waals surface area contributed by atoms with Crippen LogP contribution in [0.15, 0.2) is 131 Å². The molecule has 1 aliphatic heterocycles. The number of esters is 1. The minimum Gasteiger partial charge on any atom is -0.493 e. The molecule has 5 aromatic carbocycles. The summed E-state index contributed by atoms with van der Waals surface area (Å²) >= 11 is 0. The number of aryl methyl sites for hydroxylation is 2. The highest BCUT2D eigenvalue weighted by molar-refractivity contribution is 7.89. The van der Waals surface area contributed by atoms with Crippen LogP contribution in [-0.4, -0.2) is 39.0 Å². The van der Waals surface area contributed by atoms with Crippen LogP contribution in [0.4, 0.5) is 5.69 Å². The summed E-state index contributed by atoms with van der Waals surface area (Å²) in [6.45, 7) is 0.660. The van der Waals surface area contributed by atoms with Crippen molar-refractivity contribution < 1.29 is 27.4 Å². The summed E-state index contributed by atoms with van der Waals surface area (Å²) < 4.78 is 47.2. The SMILES string of the molecule is COC(=O)c1ccc2c(c1)OCCC2N(CCc1ccccc1OCc1ccc(CCc2ccccc2)cc1)S(=O)(=O)c1ccccc1N=O. The third kappa shape index (κ3) is 7.93. The zero-order chi connectivity index (χ0) is 34.9. The molecule has 1 aliphatic rings. The average molecular weight is 691 g/mol. The molecule has 1 atom stereocenters. The Morgan fingerprint density at radius 2 is 1.50 bits per heavy atom. The standard InChI is InChI=1S/C40H38N2O7S/c1-47-40(43)33-21-22-34-36(24-26-48-38(34)27-33)42(50(45,46)39-14-8-6-12-35(39)41-44)25-23-32-11-5-7-13-37(32)49-28-31-19-17-30(18-20-31)16-15-29-9-3-2-4-10-29/h2-14,17-22,27,36H,15-16,23-26,28H2,1H3. The third-order valence-corrected chi connectivity index (χ3v) is 10.8. The van der Waals surface area contributed by atoms with E-state index in [9.17, 15) is 18.1 Å². The zero-order valence-corrected chi connectivity index (χ0v) is 28.6. The molecule has 6 rings (SSSR count). The van der Waals surface area contributed by atoms with E-state index < -0.39 is 22.0 Å². The average Bonchev–Trinajstić information content (AvgIpc) is 3.17. The molecule has 0 aromatic heterocycles. The predicted octanol–water partition coefficient (Wildman–Crippen LogP) is 7.99. The Balaban J connectivity index is 1.22. The molecule has 5 aromatic rings. The fourth-order valence-corrected chi connectivity index (χ4v) is 7.97. The zero-order valence-electron chi connectivity index (χ0n) is 27.7. The van der Waals surface area contributed by atoms with Gasteiger partial charge in [0.15, 0.2) is 0 Å². The molecule has 256 valence electrons. The van der Waals surface area contributed by atoms with Crippen LogP contribution in [0.3, 0.4) is 0 Å². The highest BCUT2D eigenvalue weighted by Crippen LogP contribution is 2.41. The lowest BCUT2D eigenvalue weighted by Crippen LogP contribution is -2.39. The maximum atomic E-state index is 14.4. The molecule has 50 heavy (non-hydrogen) atoms. The Bertz CT molecular complexity index is 2050. The first-order valence-electron chi connectivity index (χ1n) is 16.5. The van der Waals surface area contributed by atoms with Crippen LogP contribution in [0.1, 0.15) is 50.6 Å². The first-order chi connectivity index (χ1) is 24.4. The van der Waals surface area contributed by atoms with Gasteiger partial charge in [0.05, 0.1) is 25.3 Å². The Morgan fingerprint density at radius 3 is 2.26 bits per heavy atom. The summed E-state index contributed by atoms with van der Waals surface area (Å²) in [5.74, 6) is 0.536. The monoisotopic (exact) mass is 690 g/mol. The Kier molecular flexibility index (Phi) is 11.0. The minimum absolute atomic E-state index is 0.0782. The van der Waals surface area contributed by atoms with Crippen molar-refractivity contribution >= 4 is 21.7 Å². The second kappa shape index (κ2) is 15.9. The fourth-order valence-electron chi connectivity index (χ4n) is 6.21. The highest BCUT2D eigenvalue weighted by atomic mass is 32.2. The van der Waals surface area contributed by atoms with Crippen LogP contribution < -0.4 is 9.47 Å². The number of sulfonamides is 1. The van der Waals surface area contributed by atoms with Crippen molar-refractivity contribution in [3.05, 3.63) is 160 Å². The number of benzene rings is 5. The Labute approximate surface area is 292 Å². The number of rotatable bonds is 14. The van der Waals surface area contributed by atoms with E-state index in [-0.39, 0.29) is 23.7 Å². The molecule has 0 saturated carbocycles. The number of nitrogens with zero attached hydrogens (tertiary/aromatic N) is 2. The molecule has 0 spiro atoms. The summed E-state index contributed by atoms with van der Waals surface area (Å²) in [7, 11) is -2.94. The number of carbonyl (C=O) groups excluding carboxylic acids is 1.